The molecule has 0 unspecified atom stereocenters. The molecular formula is C24H25N5O2. The number of nitrogens with zero attached hydrogens (tertiary/aromatic N) is 3. The summed E-state index contributed by atoms with van der Waals surface area (Å²) in [5, 5.41) is 17.3. The minimum Gasteiger partial charge on any atom is -0.497 e. The van der Waals surface area contributed by atoms with Gasteiger partial charge in [0.1, 0.15) is 17.4 Å². The van der Waals surface area contributed by atoms with Crippen LogP contribution in [0.2, 0.25) is 0 Å². The van der Waals surface area contributed by atoms with Gasteiger partial charge in [0.05, 0.1) is 24.3 Å². The van der Waals surface area contributed by atoms with Gasteiger partial charge in [0.15, 0.2) is 0 Å². The summed E-state index contributed by atoms with van der Waals surface area (Å²) in [5.74, 6) is 0.856. The third kappa shape index (κ3) is 3.57. The van der Waals surface area contributed by atoms with Gasteiger partial charge in [0, 0.05) is 24.3 Å². The van der Waals surface area contributed by atoms with Crippen molar-refractivity contribution in [3.63, 3.8) is 0 Å². The normalized spacial score (nSPS) is 15.1. The van der Waals surface area contributed by atoms with E-state index in [9.17, 15) is 5.26 Å². The van der Waals surface area contributed by atoms with Crippen molar-refractivity contribution >= 4 is 5.69 Å². The van der Waals surface area contributed by atoms with E-state index in [1.165, 1.54) is 0 Å². The van der Waals surface area contributed by atoms with Crippen LogP contribution in [0.25, 0.3) is 11.3 Å². The van der Waals surface area contributed by atoms with Gasteiger partial charge in [0.25, 0.3) is 0 Å². The molecule has 4 rings (SSSR count). The fourth-order valence-corrected chi connectivity index (χ4v) is 4.02. The molecule has 3 N–H and O–H groups in total. The van der Waals surface area contributed by atoms with E-state index >= 15 is 0 Å². The third-order valence-corrected chi connectivity index (χ3v) is 5.67. The predicted octanol–water partition coefficient (Wildman–Crippen LogP) is 4.15. The lowest BCUT2D eigenvalue weighted by Gasteiger charge is -2.25. The van der Waals surface area contributed by atoms with Crippen molar-refractivity contribution in [2.24, 2.45) is 5.73 Å². The van der Waals surface area contributed by atoms with Gasteiger partial charge in [-0.3, -0.25) is 5.10 Å². The molecule has 0 aliphatic carbocycles. The Morgan fingerprint density at radius 1 is 1.13 bits per heavy atom. The average molecular weight is 415 g/mol. The summed E-state index contributed by atoms with van der Waals surface area (Å²) in [6, 6.07) is 18.2. The molecule has 158 valence electrons. The zero-order chi connectivity index (χ0) is 22.0. The van der Waals surface area contributed by atoms with Crippen LogP contribution < -0.4 is 20.1 Å². The first-order chi connectivity index (χ1) is 15.1. The zero-order valence-electron chi connectivity index (χ0n) is 17.8. The smallest absolute Gasteiger partial charge is 0.244 e. The molecule has 0 spiro atoms. The maximum absolute atomic E-state index is 9.88. The second-order valence-electron chi connectivity index (χ2n) is 7.23. The molecule has 7 nitrogen and oxygen atoms in total. The van der Waals surface area contributed by atoms with Crippen LogP contribution in [0.1, 0.15) is 30.9 Å². The van der Waals surface area contributed by atoms with Crippen molar-refractivity contribution in [1.82, 2.24) is 10.2 Å². The Morgan fingerprint density at radius 2 is 1.81 bits per heavy atom. The van der Waals surface area contributed by atoms with Crippen LogP contribution in [-0.2, 0) is 0 Å². The van der Waals surface area contributed by atoms with Gasteiger partial charge in [-0.1, -0.05) is 12.1 Å². The number of rotatable bonds is 6. The number of aromatic nitrogens is 2. The van der Waals surface area contributed by atoms with E-state index in [2.05, 4.69) is 47.1 Å². The molecule has 1 atom stereocenters. The quantitative estimate of drug-likeness (QED) is 0.627. The fraction of sp³-hybridized carbons (Fsp3) is 0.250. The molecule has 1 aliphatic heterocycles. The van der Waals surface area contributed by atoms with E-state index in [-0.39, 0.29) is 11.8 Å². The lowest BCUT2D eigenvalue weighted by atomic mass is 9.83. The molecule has 0 saturated carbocycles. The van der Waals surface area contributed by atoms with Crippen molar-refractivity contribution < 1.29 is 9.47 Å². The summed E-state index contributed by atoms with van der Waals surface area (Å²) in [7, 11) is 1.63. The number of H-pyrrole nitrogens is 1. The van der Waals surface area contributed by atoms with E-state index in [1.807, 2.05) is 36.4 Å². The highest BCUT2D eigenvalue weighted by atomic mass is 16.5. The van der Waals surface area contributed by atoms with Crippen molar-refractivity contribution in [3.8, 4) is 29.0 Å². The number of nitrogens with two attached hydrogens (primary N) is 1. The first kappa shape index (κ1) is 20.4. The van der Waals surface area contributed by atoms with Crippen LogP contribution >= 0.6 is 0 Å². The summed E-state index contributed by atoms with van der Waals surface area (Å²) in [6.45, 7) is 6.12. The number of methoxy groups -OCH3 is 1. The molecule has 0 fully saturated rings. The van der Waals surface area contributed by atoms with Gasteiger partial charge in [-0.2, -0.15) is 5.26 Å². The van der Waals surface area contributed by atoms with Crippen LogP contribution in [0.3, 0.4) is 0 Å². The Hall–Kier alpha value is -3.92. The van der Waals surface area contributed by atoms with Gasteiger partial charge in [-0.25, -0.2) is 0 Å². The summed E-state index contributed by atoms with van der Waals surface area (Å²) in [6.07, 6.45) is 0. The SMILES string of the molecule is CCN(CC)c1ccc([C@@H]2C(C#N)=C(N)Oc3n[nH]c(-c4ccc(OC)cc4)c32)cc1. The largest absolute Gasteiger partial charge is 0.497 e. The van der Waals surface area contributed by atoms with Crippen LogP contribution in [0.15, 0.2) is 60.0 Å². The van der Waals surface area contributed by atoms with E-state index in [0.29, 0.717) is 11.5 Å². The second-order valence-corrected chi connectivity index (χ2v) is 7.23. The van der Waals surface area contributed by atoms with Gasteiger partial charge in [0.2, 0.25) is 11.8 Å². The zero-order valence-corrected chi connectivity index (χ0v) is 17.8. The highest BCUT2D eigenvalue weighted by molar-refractivity contribution is 5.71. The number of hydrogen-bond donors (Lipinski definition) is 2. The van der Waals surface area contributed by atoms with Gasteiger partial charge in [-0.05, 0) is 55.8 Å². The van der Waals surface area contributed by atoms with Crippen LogP contribution in [0.5, 0.6) is 11.6 Å². The highest BCUT2D eigenvalue weighted by Crippen LogP contribution is 2.45. The minimum absolute atomic E-state index is 0.0839. The second kappa shape index (κ2) is 8.44. The maximum Gasteiger partial charge on any atom is 0.244 e. The van der Waals surface area contributed by atoms with Gasteiger partial charge in [-0.15, -0.1) is 5.10 Å². The Labute approximate surface area is 181 Å². The Balaban J connectivity index is 1.82. The summed E-state index contributed by atoms with van der Waals surface area (Å²) < 4.78 is 11.0. The summed E-state index contributed by atoms with van der Waals surface area (Å²) in [4.78, 5) is 2.27. The van der Waals surface area contributed by atoms with Crippen molar-refractivity contribution in [2.75, 3.05) is 25.1 Å². The number of hydrogen-bond acceptors (Lipinski definition) is 6. The molecule has 0 saturated heterocycles. The van der Waals surface area contributed by atoms with Gasteiger partial charge >= 0.3 is 0 Å². The standard InChI is InChI=1S/C24H25N5O2/c1-4-29(5-2)17-10-6-15(7-11-17)20-19(14-25)23(26)31-24-21(20)22(27-28-24)16-8-12-18(30-3)13-9-16/h6-13,20H,4-5,26H2,1-3H3,(H,27,28)/t20-/m1/s1. The number of benzene rings is 2. The Kier molecular flexibility index (Phi) is 5.54. The molecule has 1 aromatic heterocycles. The third-order valence-electron chi connectivity index (χ3n) is 5.67. The fourth-order valence-electron chi connectivity index (χ4n) is 4.02. The van der Waals surface area contributed by atoms with Crippen LogP contribution in [0.4, 0.5) is 5.69 Å². The molecule has 0 bridgehead atoms. The maximum atomic E-state index is 9.88. The van der Waals surface area contributed by atoms with E-state index in [4.69, 9.17) is 15.2 Å². The highest BCUT2D eigenvalue weighted by Gasteiger charge is 2.35. The average Bonchev–Trinajstić information content (AvgIpc) is 3.22. The van der Waals surface area contributed by atoms with Crippen molar-refractivity contribution in [1.29, 1.82) is 5.26 Å². The number of fused-ring (bicyclic) bond motifs is 1. The molecule has 7 heteroatoms. The predicted molar refractivity (Wildman–Crippen MR) is 120 cm³/mol. The number of ether oxygens (including phenoxy) is 2. The Bertz CT molecular complexity index is 1140. The molecule has 0 radical (unpaired) electrons. The molecule has 1 aliphatic rings. The van der Waals surface area contributed by atoms with Crippen LogP contribution in [-0.4, -0.2) is 30.4 Å². The summed E-state index contributed by atoms with van der Waals surface area (Å²) >= 11 is 0. The molecule has 2 heterocycles. The topological polar surface area (TPSA) is 100 Å². The minimum atomic E-state index is -0.379. The summed E-state index contributed by atoms with van der Waals surface area (Å²) in [5.41, 5.74) is 11.1. The molecular weight excluding hydrogens is 390 g/mol. The van der Waals surface area contributed by atoms with E-state index in [0.717, 1.165) is 46.9 Å². The first-order valence-electron chi connectivity index (χ1n) is 10.3. The van der Waals surface area contributed by atoms with Crippen molar-refractivity contribution in [3.05, 3.63) is 71.1 Å². The van der Waals surface area contributed by atoms with E-state index in [1.54, 1.807) is 7.11 Å². The molecule has 31 heavy (non-hydrogen) atoms. The number of aromatic amines is 1. The number of anilines is 1. The van der Waals surface area contributed by atoms with Crippen molar-refractivity contribution in [2.45, 2.75) is 19.8 Å². The number of nitrogens with one attached hydrogen (secondary N) is 1. The number of allylic oxidation sites excluding steroid dienone is 1. The molecule has 3 aromatic rings. The lowest BCUT2D eigenvalue weighted by molar-refractivity contribution is 0.379. The monoisotopic (exact) mass is 415 g/mol. The first-order valence-corrected chi connectivity index (χ1v) is 10.3. The molecule has 0 amide bonds. The Morgan fingerprint density at radius 3 is 2.39 bits per heavy atom. The van der Waals surface area contributed by atoms with E-state index < -0.39 is 0 Å². The molecule has 2 aromatic carbocycles. The van der Waals surface area contributed by atoms with Gasteiger partial charge < -0.3 is 20.1 Å². The lowest BCUT2D eigenvalue weighted by Crippen LogP contribution is -2.22. The number of nitriles is 1. The van der Waals surface area contributed by atoms with Crippen LogP contribution in [0, 0.1) is 11.3 Å².